The number of aliphatic hydroxyl groups excluding tert-OH is 1. The van der Waals surface area contributed by atoms with Gasteiger partial charge in [0.25, 0.3) is 0 Å². The SMILES string of the molecule is OC(c1cc(Cl)cc(Br)c1)C1CCOC2(CCOC2)C1. The van der Waals surface area contributed by atoms with E-state index in [2.05, 4.69) is 15.9 Å². The minimum atomic E-state index is -0.508. The predicted octanol–water partition coefficient (Wildman–Crippen LogP) is 3.72. The highest BCUT2D eigenvalue weighted by atomic mass is 79.9. The summed E-state index contributed by atoms with van der Waals surface area (Å²) in [5.41, 5.74) is 0.685. The summed E-state index contributed by atoms with van der Waals surface area (Å²) in [5.74, 6) is 0.191. The smallest absolute Gasteiger partial charge is 0.0940 e. The largest absolute Gasteiger partial charge is 0.388 e. The van der Waals surface area contributed by atoms with Gasteiger partial charge in [-0.1, -0.05) is 27.5 Å². The minimum absolute atomic E-state index is 0.181. The molecule has 2 aliphatic rings. The number of benzene rings is 1. The van der Waals surface area contributed by atoms with Gasteiger partial charge in [-0.15, -0.1) is 0 Å². The van der Waals surface area contributed by atoms with Gasteiger partial charge >= 0.3 is 0 Å². The van der Waals surface area contributed by atoms with Gasteiger partial charge in [0.1, 0.15) is 0 Å². The van der Waals surface area contributed by atoms with Crippen LogP contribution >= 0.6 is 27.5 Å². The molecule has 0 amide bonds. The second-order valence-electron chi connectivity index (χ2n) is 5.73. The maximum absolute atomic E-state index is 10.7. The van der Waals surface area contributed by atoms with E-state index in [1.807, 2.05) is 18.2 Å². The quantitative estimate of drug-likeness (QED) is 0.872. The summed E-state index contributed by atoms with van der Waals surface area (Å²) in [5, 5.41) is 11.3. The fourth-order valence-corrected chi connectivity index (χ4v) is 4.10. The summed E-state index contributed by atoms with van der Waals surface area (Å²) < 4.78 is 12.3. The molecule has 0 saturated carbocycles. The lowest BCUT2D eigenvalue weighted by Crippen LogP contribution is -2.41. The van der Waals surface area contributed by atoms with Crippen molar-refractivity contribution in [3.05, 3.63) is 33.3 Å². The average molecular weight is 362 g/mol. The maximum Gasteiger partial charge on any atom is 0.0940 e. The molecule has 1 spiro atoms. The molecule has 2 heterocycles. The van der Waals surface area contributed by atoms with Crippen molar-refractivity contribution in [3.63, 3.8) is 0 Å². The van der Waals surface area contributed by atoms with Crippen LogP contribution in [0.5, 0.6) is 0 Å². The molecule has 20 heavy (non-hydrogen) atoms. The molecular formula is C15H18BrClO3. The molecule has 5 heteroatoms. The lowest BCUT2D eigenvalue weighted by Gasteiger charge is -2.39. The molecule has 3 atom stereocenters. The number of hydrogen-bond donors (Lipinski definition) is 1. The van der Waals surface area contributed by atoms with Crippen LogP contribution in [0.4, 0.5) is 0 Å². The van der Waals surface area contributed by atoms with Gasteiger partial charge in [0.05, 0.1) is 18.3 Å². The topological polar surface area (TPSA) is 38.7 Å². The third kappa shape index (κ3) is 3.04. The maximum atomic E-state index is 10.7. The second kappa shape index (κ2) is 5.93. The van der Waals surface area contributed by atoms with E-state index in [1.54, 1.807) is 0 Å². The first-order valence-electron chi connectivity index (χ1n) is 6.94. The number of rotatable bonds is 2. The molecule has 0 aromatic heterocycles. The summed E-state index contributed by atoms with van der Waals surface area (Å²) >= 11 is 9.49. The highest BCUT2D eigenvalue weighted by Gasteiger charge is 2.43. The number of ether oxygens (including phenoxy) is 2. The Labute approximate surface area is 132 Å². The molecule has 1 aromatic carbocycles. The molecule has 3 rings (SSSR count). The Morgan fingerprint density at radius 2 is 2.20 bits per heavy atom. The van der Waals surface area contributed by atoms with Gasteiger partial charge in [-0.05, 0) is 42.5 Å². The van der Waals surface area contributed by atoms with Crippen LogP contribution in [0, 0.1) is 5.92 Å². The van der Waals surface area contributed by atoms with Crippen molar-refractivity contribution in [2.45, 2.75) is 31.0 Å². The van der Waals surface area contributed by atoms with Crippen molar-refractivity contribution in [2.24, 2.45) is 5.92 Å². The van der Waals surface area contributed by atoms with Crippen LogP contribution in [0.3, 0.4) is 0 Å². The average Bonchev–Trinajstić information content (AvgIpc) is 2.85. The first-order valence-corrected chi connectivity index (χ1v) is 8.11. The van der Waals surface area contributed by atoms with Crippen LogP contribution in [0.1, 0.15) is 30.9 Å². The molecule has 0 radical (unpaired) electrons. The second-order valence-corrected chi connectivity index (χ2v) is 7.09. The van der Waals surface area contributed by atoms with Crippen LogP contribution < -0.4 is 0 Å². The highest BCUT2D eigenvalue weighted by Crippen LogP contribution is 2.41. The number of hydrogen-bond acceptors (Lipinski definition) is 3. The summed E-state index contributed by atoms with van der Waals surface area (Å²) in [7, 11) is 0. The molecule has 3 nitrogen and oxygen atoms in total. The highest BCUT2D eigenvalue weighted by molar-refractivity contribution is 9.10. The Kier molecular flexibility index (Phi) is 4.39. The Bertz CT molecular complexity index is 468. The first kappa shape index (κ1) is 14.8. The first-order chi connectivity index (χ1) is 9.58. The number of halogens is 2. The Morgan fingerprint density at radius 3 is 2.90 bits per heavy atom. The summed E-state index contributed by atoms with van der Waals surface area (Å²) in [6, 6.07) is 5.60. The normalized spacial score (nSPS) is 31.6. The summed E-state index contributed by atoms with van der Waals surface area (Å²) in [6.07, 6.45) is 2.13. The third-order valence-corrected chi connectivity index (χ3v) is 4.95. The van der Waals surface area contributed by atoms with Crippen molar-refractivity contribution in [1.29, 1.82) is 0 Å². The molecule has 2 saturated heterocycles. The van der Waals surface area contributed by atoms with Crippen molar-refractivity contribution >= 4 is 27.5 Å². The van der Waals surface area contributed by atoms with Gasteiger partial charge < -0.3 is 14.6 Å². The zero-order chi connectivity index (χ0) is 14.2. The lowest BCUT2D eigenvalue weighted by atomic mass is 9.80. The van der Waals surface area contributed by atoms with E-state index in [4.69, 9.17) is 21.1 Å². The van der Waals surface area contributed by atoms with Gasteiger partial charge in [-0.2, -0.15) is 0 Å². The van der Waals surface area contributed by atoms with Crippen LogP contribution in [-0.4, -0.2) is 30.5 Å². The van der Waals surface area contributed by atoms with Crippen molar-refractivity contribution < 1.29 is 14.6 Å². The Morgan fingerprint density at radius 1 is 1.35 bits per heavy atom. The molecule has 2 fully saturated rings. The van der Waals surface area contributed by atoms with E-state index < -0.39 is 6.10 Å². The molecule has 0 aliphatic carbocycles. The van der Waals surface area contributed by atoms with E-state index in [1.165, 1.54) is 0 Å². The van der Waals surface area contributed by atoms with Gasteiger partial charge in [-0.25, -0.2) is 0 Å². The van der Waals surface area contributed by atoms with Crippen molar-refractivity contribution in [1.82, 2.24) is 0 Å². The fraction of sp³-hybridized carbons (Fsp3) is 0.600. The molecule has 1 aromatic rings. The molecule has 0 bridgehead atoms. The number of aliphatic hydroxyl groups is 1. The Balaban J connectivity index is 1.77. The summed E-state index contributed by atoms with van der Waals surface area (Å²) in [6.45, 7) is 2.09. The molecule has 1 N–H and O–H groups in total. The molecule has 2 aliphatic heterocycles. The standard InChI is InChI=1S/C15H18BrClO3/c16-12-5-11(6-13(17)7-12)14(18)10-1-3-20-15(8-10)2-4-19-9-15/h5-7,10,14,18H,1-4,8-9H2. The van der Waals surface area contributed by atoms with E-state index >= 15 is 0 Å². The van der Waals surface area contributed by atoms with E-state index in [9.17, 15) is 5.11 Å². The zero-order valence-corrected chi connectivity index (χ0v) is 13.5. The molecule has 110 valence electrons. The minimum Gasteiger partial charge on any atom is -0.388 e. The molecular weight excluding hydrogens is 344 g/mol. The molecule has 3 unspecified atom stereocenters. The Hall–Kier alpha value is -0.130. The third-order valence-electron chi connectivity index (χ3n) is 4.27. The fourth-order valence-electron chi connectivity index (χ4n) is 3.22. The van der Waals surface area contributed by atoms with Crippen LogP contribution in [0.2, 0.25) is 5.02 Å². The van der Waals surface area contributed by atoms with Gasteiger partial charge in [0.15, 0.2) is 0 Å². The van der Waals surface area contributed by atoms with E-state index in [0.717, 1.165) is 35.9 Å². The lowest BCUT2D eigenvalue weighted by molar-refractivity contribution is -0.117. The zero-order valence-electron chi connectivity index (χ0n) is 11.1. The van der Waals surface area contributed by atoms with E-state index in [0.29, 0.717) is 18.2 Å². The van der Waals surface area contributed by atoms with Crippen LogP contribution in [0.25, 0.3) is 0 Å². The van der Waals surface area contributed by atoms with Gasteiger partial charge in [0, 0.05) is 29.1 Å². The van der Waals surface area contributed by atoms with Gasteiger partial charge in [-0.3, -0.25) is 0 Å². The van der Waals surface area contributed by atoms with E-state index in [-0.39, 0.29) is 11.5 Å². The van der Waals surface area contributed by atoms with Crippen LogP contribution in [0.15, 0.2) is 22.7 Å². The van der Waals surface area contributed by atoms with Crippen molar-refractivity contribution in [2.75, 3.05) is 19.8 Å². The predicted molar refractivity (Wildman–Crippen MR) is 81.0 cm³/mol. The van der Waals surface area contributed by atoms with Gasteiger partial charge in [0.2, 0.25) is 0 Å². The van der Waals surface area contributed by atoms with Crippen molar-refractivity contribution in [3.8, 4) is 0 Å². The van der Waals surface area contributed by atoms with Crippen LogP contribution in [-0.2, 0) is 9.47 Å². The monoisotopic (exact) mass is 360 g/mol. The summed E-state index contributed by atoms with van der Waals surface area (Å²) in [4.78, 5) is 0.